The molecule has 4 heterocycles. The molecular formula is C27H34N2O4. The topological polar surface area (TPSA) is 56.6 Å². The van der Waals surface area contributed by atoms with Gasteiger partial charge in [-0.1, -0.05) is 31.2 Å². The van der Waals surface area contributed by atoms with Crippen molar-refractivity contribution < 1.29 is 18.9 Å². The van der Waals surface area contributed by atoms with Gasteiger partial charge in [-0.25, -0.2) is 0 Å². The van der Waals surface area contributed by atoms with Gasteiger partial charge in [-0.15, -0.1) is 0 Å². The fourth-order valence-electron chi connectivity index (χ4n) is 4.63. The van der Waals surface area contributed by atoms with Crippen LogP contribution in [0.15, 0.2) is 42.5 Å². The van der Waals surface area contributed by atoms with Crippen LogP contribution in [0, 0.1) is 0 Å². The molecule has 0 amide bonds. The van der Waals surface area contributed by atoms with Gasteiger partial charge in [0.25, 0.3) is 0 Å². The van der Waals surface area contributed by atoms with Crippen LogP contribution in [0.3, 0.4) is 0 Å². The van der Waals surface area contributed by atoms with Crippen molar-refractivity contribution in [2.45, 2.75) is 44.2 Å². The Morgan fingerprint density at radius 1 is 0.667 bits per heavy atom. The summed E-state index contributed by atoms with van der Waals surface area (Å²) in [6.07, 6.45) is 3.49. The first-order chi connectivity index (χ1) is 16.2. The third kappa shape index (κ3) is 5.87. The molecule has 33 heavy (non-hydrogen) atoms. The number of nitrogens with zero attached hydrogens (tertiary/aromatic N) is 2. The van der Waals surface area contributed by atoms with E-state index in [1.54, 1.807) is 0 Å². The number of rotatable bonds is 13. The Kier molecular flexibility index (Phi) is 6.01. The van der Waals surface area contributed by atoms with Crippen molar-refractivity contribution in [3.05, 3.63) is 59.2 Å². The lowest BCUT2D eigenvalue weighted by atomic mass is 9.99. The molecule has 6 heteroatoms. The summed E-state index contributed by atoms with van der Waals surface area (Å²) in [4.78, 5) is 4.87. The molecule has 4 atom stereocenters. The van der Waals surface area contributed by atoms with Crippen LogP contribution < -0.4 is 9.80 Å². The zero-order valence-corrected chi connectivity index (χ0v) is 19.4. The summed E-state index contributed by atoms with van der Waals surface area (Å²) in [5.74, 6) is 0. The van der Waals surface area contributed by atoms with E-state index in [1.165, 1.54) is 28.1 Å². The van der Waals surface area contributed by atoms with Gasteiger partial charge in [-0.05, 0) is 47.7 Å². The first-order valence-electron chi connectivity index (χ1n) is 12.4. The van der Waals surface area contributed by atoms with E-state index in [2.05, 4.69) is 59.2 Å². The summed E-state index contributed by atoms with van der Waals surface area (Å²) in [5.41, 5.74) is 6.71. The Balaban J connectivity index is 1.14. The van der Waals surface area contributed by atoms with Gasteiger partial charge in [0.1, 0.15) is 0 Å². The summed E-state index contributed by atoms with van der Waals surface area (Å²) < 4.78 is 22.0. The van der Waals surface area contributed by atoms with E-state index in [-0.39, 0.29) is 0 Å². The number of benzene rings is 2. The van der Waals surface area contributed by atoms with Gasteiger partial charge >= 0.3 is 0 Å². The molecule has 0 aromatic heterocycles. The highest BCUT2D eigenvalue weighted by Gasteiger charge is 2.32. The molecule has 0 bridgehead atoms. The second-order valence-electron chi connectivity index (χ2n) is 9.79. The van der Waals surface area contributed by atoms with E-state index >= 15 is 0 Å². The molecule has 2 aromatic carbocycles. The van der Waals surface area contributed by atoms with Crippen molar-refractivity contribution >= 4 is 11.4 Å². The average Bonchev–Trinajstić information content (AvgIpc) is 3.64. The van der Waals surface area contributed by atoms with Gasteiger partial charge in [0.2, 0.25) is 0 Å². The number of aryl methyl sites for hydroxylation is 1. The van der Waals surface area contributed by atoms with Crippen LogP contribution in [0.1, 0.15) is 23.6 Å². The third-order valence-electron chi connectivity index (χ3n) is 6.88. The number of hydrogen-bond acceptors (Lipinski definition) is 6. The lowest BCUT2D eigenvalue weighted by Gasteiger charge is -2.26. The van der Waals surface area contributed by atoms with E-state index in [0.717, 1.165) is 65.4 Å². The van der Waals surface area contributed by atoms with E-state index in [9.17, 15) is 0 Å². The maximum absolute atomic E-state index is 5.51. The van der Waals surface area contributed by atoms with Crippen molar-refractivity contribution in [2.24, 2.45) is 0 Å². The maximum Gasteiger partial charge on any atom is 0.0984 e. The van der Waals surface area contributed by atoms with E-state index in [4.69, 9.17) is 18.9 Å². The third-order valence-corrected chi connectivity index (χ3v) is 6.88. The molecule has 4 unspecified atom stereocenters. The highest BCUT2D eigenvalue weighted by Crippen LogP contribution is 2.29. The predicted molar refractivity (Wildman–Crippen MR) is 128 cm³/mol. The normalized spacial score (nSPS) is 26.7. The highest BCUT2D eigenvalue weighted by atomic mass is 16.6. The lowest BCUT2D eigenvalue weighted by molar-refractivity contribution is 0.388. The second kappa shape index (κ2) is 9.26. The van der Waals surface area contributed by atoms with Crippen LogP contribution in [-0.4, -0.2) is 77.0 Å². The molecule has 0 aliphatic carbocycles. The zero-order chi connectivity index (χ0) is 22.2. The zero-order valence-electron chi connectivity index (χ0n) is 19.4. The van der Waals surface area contributed by atoms with Crippen LogP contribution in [0.5, 0.6) is 0 Å². The number of hydrogen-bond donors (Lipinski definition) is 0. The van der Waals surface area contributed by atoms with Crippen molar-refractivity contribution in [3.8, 4) is 0 Å². The summed E-state index contributed by atoms with van der Waals surface area (Å²) >= 11 is 0. The standard InChI is InChI=1S/C27H34N2O4/c1-2-21-10-20(5-8-27(21)29(13-25-17-32-25)14-26-18-33-26)9-19-3-6-22(7-4-19)28(11-23-15-30-23)12-24-16-31-24/h3-8,10,23-26H,2,9,11-18H2,1H3. The molecule has 4 aliphatic heterocycles. The van der Waals surface area contributed by atoms with Gasteiger partial charge < -0.3 is 28.7 Å². The average molecular weight is 451 g/mol. The minimum Gasteiger partial charge on any atom is -0.371 e. The van der Waals surface area contributed by atoms with Crippen LogP contribution in [0.2, 0.25) is 0 Å². The first-order valence-corrected chi connectivity index (χ1v) is 12.4. The van der Waals surface area contributed by atoms with Crippen LogP contribution in [0.25, 0.3) is 0 Å². The predicted octanol–water partition coefficient (Wildman–Crippen LogP) is 3.05. The molecule has 0 N–H and O–H groups in total. The lowest BCUT2D eigenvalue weighted by Crippen LogP contribution is -2.32. The summed E-state index contributed by atoms with van der Waals surface area (Å²) in [5, 5.41) is 0. The number of anilines is 2. The highest BCUT2D eigenvalue weighted by molar-refractivity contribution is 5.56. The fraction of sp³-hybridized carbons (Fsp3) is 0.556. The molecule has 6 rings (SSSR count). The minimum atomic E-state index is 0.379. The molecule has 2 aromatic rings. The van der Waals surface area contributed by atoms with Gasteiger partial charge in [0.15, 0.2) is 0 Å². The summed E-state index contributed by atoms with van der Waals surface area (Å²) in [6.45, 7) is 9.61. The Morgan fingerprint density at radius 2 is 1.15 bits per heavy atom. The largest absolute Gasteiger partial charge is 0.371 e. The quantitative estimate of drug-likeness (QED) is 0.437. The second-order valence-corrected chi connectivity index (χ2v) is 9.79. The van der Waals surface area contributed by atoms with Gasteiger partial charge in [0.05, 0.1) is 50.8 Å². The molecule has 0 radical (unpaired) electrons. The Labute approximate surface area is 196 Å². The number of ether oxygens (including phenoxy) is 4. The van der Waals surface area contributed by atoms with Crippen LogP contribution in [0.4, 0.5) is 11.4 Å². The fourth-order valence-corrected chi connectivity index (χ4v) is 4.63. The van der Waals surface area contributed by atoms with E-state index < -0.39 is 0 Å². The minimum absolute atomic E-state index is 0.379. The molecule has 6 nitrogen and oxygen atoms in total. The van der Waals surface area contributed by atoms with Gasteiger partial charge in [0, 0.05) is 37.6 Å². The van der Waals surface area contributed by atoms with Crippen molar-refractivity contribution in [2.75, 3.05) is 62.4 Å². The molecule has 0 spiro atoms. The Morgan fingerprint density at radius 3 is 1.64 bits per heavy atom. The van der Waals surface area contributed by atoms with Crippen molar-refractivity contribution in [1.82, 2.24) is 0 Å². The smallest absolute Gasteiger partial charge is 0.0984 e. The van der Waals surface area contributed by atoms with Crippen molar-refractivity contribution in [3.63, 3.8) is 0 Å². The summed E-state index contributed by atoms with van der Waals surface area (Å²) in [7, 11) is 0. The summed E-state index contributed by atoms with van der Waals surface area (Å²) in [6, 6.07) is 16.0. The molecule has 4 saturated heterocycles. The van der Waals surface area contributed by atoms with E-state index in [1.807, 2.05) is 0 Å². The Bertz CT molecular complexity index is 921. The monoisotopic (exact) mass is 450 g/mol. The Hall–Kier alpha value is -2.12. The molecular weight excluding hydrogens is 416 g/mol. The first kappa shape index (κ1) is 21.4. The van der Waals surface area contributed by atoms with Crippen molar-refractivity contribution in [1.29, 1.82) is 0 Å². The van der Waals surface area contributed by atoms with E-state index in [0.29, 0.717) is 24.4 Å². The molecule has 0 saturated carbocycles. The van der Waals surface area contributed by atoms with Gasteiger partial charge in [-0.2, -0.15) is 0 Å². The maximum atomic E-state index is 5.51. The van der Waals surface area contributed by atoms with Gasteiger partial charge in [-0.3, -0.25) is 0 Å². The van der Waals surface area contributed by atoms with Crippen LogP contribution in [-0.2, 0) is 31.8 Å². The molecule has 4 fully saturated rings. The molecule has 176 valence electrons. The SMILES string of the molecule is CCc1cc(Cc2ccc(N(CC3CO3)CC3CO3)cc2)ccc1N(CC1CO1)CC1CO1. The van der Waals surface area contributed by atoms with Crippen LogP contribution >= 0.6 is 0 Å². The molecule has 4 aliphatic rings. The number of epoxide rings is 4.